The lowest BCUT2D eigenvalue weighted by Crippen LogP contribution is -2.58. The largest absolute Gasteiger partial charge is 0.508 e. The zero-order valence-corrected chi connectivity index (χ0v) is 21.8. The van der Waals surface area contributed by atoms with Gasteiger partial charge >= 0.3 is 5.97 Å². The maximum absolute atomic E-state index is 13.1. The Morgan fingerprint density at radius 3 is 1.95 bits per heavy atom. The molecule has 4 atom stereocenters. The molecule has 0 heterocycles. The summed E-state index contributed by atoms with van der Waals surface area (Å²) in [5, 5.41) is 26.2. The zero-order valence-electron chi connectivity index (χ0n) is 21.8. The van der Waals surface area contributed by atoms with E-state index in [9.17, 15) is 34.2 Å². The third-order valence-electron chi connectivity index (χ3n) is 5.67. The second-order valence-electron chi connectivity index (χ2n) is 9.58. The number of hydrogen-bond donors (Lipinski definition) is 8. The van der Waals surface area contributed by atoms with Gasteiger partial charge in [-0.15, -0.1) is 0 Å². The molecule has 0 fully saturated rings. The van der Waals surface area contributed by atoms with Crippen LogP contribution in [0.25, 0.3) is 0 Å². The molecule has 0 aromatic heterocycles. The molecule has 1 aromatic rings. The molecule has 11 N–H and O–H groups in total. The summed E-state index contributed by atoms with van der Waals surface area (Å²) in [6.45, 7) is 3.98. The van der Waals surface area contributed by atoms with Crippen LogP contribution in [-0.4, -0.2) is 70.5 Å². The first-order valence-corrected chi connectivity index (χ1v) is 12.5. The van der Waals surface area contributed by atoms with Crippen LogP contribution in [0.3, 0.4) is 0 Å². The van der Waals surface area contributed by atoms with E-state index in [1.54, 1.807) is 12.1 Å². The van der Waals surface area contributed by atoms with Crippen LogP contribution < -0.4 is 33.2 Å². The van der Waals surface area contributed by atoms with Crippen LogP contribution in [-0.2, 0) is 30.4 Å². The number of carboxylic acids is 1. The summed E-state index contributed by atoms with van der Waals surface area (Å²) in [6.07, 6.45) is 0.895. The lowest BCUT2D eigenvalue weighted by molar-refractivity contribution is -0.143. The van der Waals surface area contributed by atoms with Crippen molar-refractivity contribution in [3.05, 3.63) is 29.8 Å². The molecule has 13 nitrogen and oxygen atoms in total. The lowest BCUT2D eigenvalue weighted by atomic mass is 10.0. The third-order valence-corrected chi connectivity index (χ3v) is 5.67. The number of hydrogen-bond acceptors (Lipinski definition) is 8. The number of phenolic OH excluding ortho intramolecular Hbond substituents is 1. The van der Waals surface area contributed by atoms with Gasteiger partial charge in [-0.2, -0.15) is 0 Å². The Bertz CT molecular complexity index is 954. The summed E-state index contributed by atoms with van der Waals surface area (Å²) < 4.78 is 0. The van der Waals surface area contributed by atoms with E-state index in [4.69, 9.17) is 17.2 Å². The van der Waals surface area contributed by atoms with E-state index in [0.29, 0.717) is 24.9 Å². The fourth-order valence-electron chi connectivity index (χ4n) is 3.67. The fraction of sp³-hybridized carbons (Fsp3) is 0.560. The minimum absolute atomic E-state index is 0.0115. The maximum atomic E-state index is 13.1. The van der Waals surface area contributed by atoms with E-state index >= 15 is 0 Å². The summed E-state index contributed by atoms with van der Waals surface area (Å²) in [4.78, 5) is 61.9. The zero-order chi connectivity index (χ0) is 28.8. The Hall–Kier alpha value is -3.71. The molecule has 0 aliphatic rings. The molecule has 4 amide bonds. The van der Waals surface area contributed by atoms with E-state index in [1.807, 2.05) is 13.8 Å². The number of carboxylic acid groups (broad SMARTS) is 1. The van der Waals surface area contributed by atoms with Gasteiger partial charge in [0.1, 0.15) is 23.9 Å². The van der Waals surface area contributed by atoms with Gasteiger partial charge in [-0.1, -0.05) is 26.0 Å². The Morgan fingerprint density at radius 2 is 1.42 bits per heavy atom. The molecule has 0 spiro atoms. The first-order valence-electron chi connectivity index (χ1n) is 12.5. The first-order chi connectivity index (χ1) is 17.8. The normalized spacial score (nSPS) is 14.1. The number of primary amides is 1. The van der Waals surface area contributed by atoms with Crippen molar-refractivity contribution >= 4 is 29.6 Å². The van der Waals surface area contributed by atoms with Crippen molar-refractivity contribution in [1.82, 2.24) is 16.0 Å². The average Bonchev–Trinajstić information content (AvgIpc) is 2.83. The minimum Gasteiger partial charge on any atom is -0.508 e. The molecular formula is C25H40N6O7. The van der Waals surface area contributed by atoms with Crippen molar-refractivity contribution in [2.75, 3.05) is 6.54 Å². The van der Waals surface area contributed by atoms with Gasteiger partial charge in [0.05, 0.1) is 12.5 Å². The highest BCUT2D eigenvalue weighted by molar-refractivity contribution is 5.96. The van der Waals surface area contributed by atoms with Gasteiger partial charge in [-0.3, -0.25) is 19.2 Å². The highest BCUT2D eigenvalue weighted by Gasteiger charge is 2.31. The Morgan fingerprint density at radius 1 is 0.868 bits per heavy atom. The van der Waals surface area contributed by atoms with Crippen LogP contribution in [0.15, 0.2) is 24.3 Å². The van der Waals surface area contributed by atoms with Crippen LogP contribution in [0.1, 0.15) is 51.5 Å². The molecule has 0 aliphatic heterocycles. The number of amides is 4. The number of aliphatic carboxylic acids is 1. The molecule has 38 heavy (non-hydrogen) atoms. The van der Waals surface area contributed by atoms with Crippen LogP contribution >= 0.6 is 0 Å². The van der Waals surface area contributed by atoms with Gasteiger partial charge in [-0.05, 0) is 62.3 Å². The number of rotatable bonds is 17. The van der Waals surface area contributed by atoms with Crippen molar-refractivity contribution in [1.29, 1.82) is 0 Å². The van der Waals surface area contributed by atoms with Gasteiger partial charge in [0, 0.05) is 0 Å². The molecule has 1 rings (SSSR count). The Balaban J connectivity index is 2.98. The topological polar surface area (TPSA) is 240 Å². The second-order valence-corrected chi connectivity index (χ2v) is 9.58. The minimum atomic E-state index is -1.42. The van der Waals surface area contributed by atoms with Crippen molar-refractivity contribution in [3.63, 3.8) is 0 Å². The van der Waals surface area contributed by atoms with E-state index in [2.05, 4.69) is 16.0 Å². The molecule has 0 saturated carbocycles. The number of carbonyl (C=O) groups is 5. The molecule has 4 unspecified atom stereocenters. The lowest BCUT2D eigenvalue weighted by Gasteiger charge is -2.25. The van der Waals surface area contributed by atoms with Gasteiger partial charge in [0.25, 0.3) is 0 Å². The monoisotopic (exact) mass is 536 g/mol. The standard InChI is InChI=1S/C25H40N6O7/c1-14(2)11-20(25(37)38)31-23(35)18(5-3-4-10-26)29-24(36)19(13-21(28)33)30-22(34)17(27)12-15-6-8-16(32)9-7-15/h6-9,14,17-20,32H,3-5,10-13,26-27H2,1-2H3,(H2,28,33)(H,29,36)(H,30,34)(H,31,35)(H,37,38). The van der Waals surface area contributed by atoms with Gasteiger partial charge in [0.15, 0.2) is 0 Å². The number of benzene rings is 1. The van der Waals surface area contributed by atoms with E-state index in [0.717, 1.165) is 0 Å². The number of unbranched alkanes of at least 4 members (excludes halogenated alkanes) is 1. The number of carbonyl (C=O) groups excluding carboxylic acids is 4. The maximum Gasteiger partial charge on any atom is 0.326 e. The molecule has 0 aliphatic carbocycles. The summed E-state index contributed by atoms with van der Waals surface area (Å²) in [5.41, 5.74) is 17.4. The molecule has 0 saturated heterocycles. The SMILES string of the molecule is CC(C)CC(NC(=O)C(CCCCN)NC(=O)C(CC(N)=O)NC(=O)C(N)Cc1ccc(O)cc1)C(=O)O. The Kier molecular flexibility index (Phi) is 13.8. The van der Waals surface area contributed by atoms with Gasteiger partial charge in [0.2, 0.25) is 23.6 Å². The van der Waals surface area contributed by atoms with E-state index in [-0.39, 0.29) is 30.9 Å². The molecule has 0 bridgehead atoms. The van der Waals surface area contributed by atoms with Crippen LogP contribution in [0.5, 0.6) is 5.75 Å². The van der Waals surface area contributed by atoms with Crippen molar-refractivity contribution in [3.8, 4) is 5.75 Å². The third kappa shape index (κ3) is 12.0. The predicted octanol–water partition coefficient (Wildman–Crippen LogP) is -1.15. The van der Waals surface area contributed by atoms with Crippen molar-refractivity contribution < 1.29 is 34.2 Å². The van der Waals surface area contributed by atoms with E-state index < -0.39 is 60.2 Å². The Labute approximate surface area is 221 Å². The molecule has 1 aromatic carbocycles. The van der Waals surface area contributed by atoms with Crippen molar-refractivity contribution in [2.45, 2.75) is 76.5 Å². The molecule has 212 valence electrons. The average molecular weight is 537 g/mol. The number of phenols is 1. The summed E-state index contributed by atoms with van der Waals surface area (Å²) in [7, 11) is 0. The van der Waals surface area contributed by atoms with Gasteiger partial charge in [-0.25, -0.2) is 4.79 Å². The highest BCUT2D eigenvalue weighted by atomic mass is 16.4. The van der Waals surface area contributed by atoms with Crippen LogP contribution in [0, 0.1) is 5.92 Å². The number of aromatic hydroxyl groups is 1. The molecule has 13 heteroatoms. The second kappa shape index (κ2) is 16.2. The summed E-state index contributed by atoms with van der Waals surface area (Å²) in [6, 6.07) is 1.26. The number of nitrogens with one attached hydrogen (secondary N) is 3. The molecule has 0 radical (unpaired) electrons. The van der Waals surface area contributed by atoms with E-state index in [1.165, 1.54) is 12.1 Å². The number of nitrogens with two attached hydrogens (primary N) is 3. The summed E-state index contributed by atoms with van der Waals surface area (Å²) in [5.74, 6) is -4.33. The van der Waals surface area contributed by atoms with Gasteiger partial charge < -0.3 is 43.4 Å². The predicted molar refractivity (Wildman–Crippen MR) is 139 cm³/mol. The highest BCUT2D eigenvalue weighted by Crippen LogP contribution is 2.11. The quantitative estimate of drug-likeness (QED) is 0.112. The van der Waals surface area contributed by atoms with Crippen LogP contribution in [0.2, 0.25) is 0 Å². The van der Waals surface area contributed by atoms with Crippen molar-refractivity contribution in [2.24, 2.45) is 23.1 Å². The summed E-state index contributed by atoms with van der Waals surface area (Å²) >= 11 is 0. The van der Waals surface area contributed by atoms with Crippen LogP contribution in [0.4, 0.5) is 0 Å². The molecular weight excluding hydrogens is 496 g/mol. The smallest absolute Gasteiger partial charge is 0.326 e. The fourth-order valence-corrected chi connectivity index (χ4v) is 3.67. The first kappa shape index (κ1) is 32.3.